The summed E-state index contributed by atoms with van der Waals surface area (Å²) in [7, 11) is 0. The Morgan fingerprint density at radius 1 is 1.15 bits per heavy atom. The highest BCUT2D eigenvalue weighted by Crippen LogP contribution is 2.24. The molecule has 26 heavy (non-hydrogen) atoms. The van der Waals surface area contributed by atoms with E-state index in [2.05, 4.69) is 10.3 Å². The number of benzene rings is 2. The van der Waals surface area contributed by atoms with Crippen LogP contribution >= 0.6 is 11.8 Å². The standard InChI is InChI=1S/C19H15N3O3S/c23-17-11-26-19(25)22(17)10-12-3-1-4-13(9-12)18(24)21-16-6-2-5-15-14(16)7-8-20-15/h1-9,20H,10-11H2,(H,21,24). The molecule has 0 unspecified atom stereocenters. The molecule has 1 aromatic heterocycles. The average Bonchev–Trinajstić information content (AvgIpc) is 3.25. The van der Waals surface area contributed by atoms with Gasteiger partial charge in [-0.05, 0) is 35.9 Å². The first-order chi connectivity index (χ1) is 12.6. The van der Waals surface area contributed by atoms with E-state index < -0.39 is 0 Å². The maximum Gasteiger partial charge on any atom is 0.289 e. The second kappa shape index (κ2) is 6.68. The molecule has 0 aliphatic carbocycles. The molecule has 0 atom stereocenters. The Morgan fingerprint density at radius 3 is 2.81 bits per heavy atom. The van der Waals surface area contributed by atoms with E-state index in [1.165, 1.54) is 4.90 Å². The molecular formula is C19H15N3O3S. The van der Waals surface area contributed by atoms with Crippen LogP contribution in [0.15, 0.2) is 54.7 Å². The van der Waals surface area contributed by atoms with Crippen molar-refractivity contribution in [3.63, 3.8) is 0 Å². The Kier molecular flexibility index (Phi) is 4.22. The Morgan fingerprint density at radius 2 is 2.00 bits per heavy atom. The third-order valence-electron chi connectivity index (χ3n) is 4.21. The molecule has 0 bridgehead atoms. The average molecular weight is 365 g/mol. The minimum atomic E-state index is -0.246. The number of fused-ring (bicyclic) bond motifs is 1. The summed E-state index contributed by atoms with van der Waals surface area (Å²) in [5, 5.41) is 3.60. The van der Waals surface area contributed by atoms with E-state index in [1.54, 1.807) is 24.3 Å². The summed E-state index contributed by atoms with van der Waals surface area (Å²) >= 11 is 1.00. The lowest BCUT2D eigenvalue weighted by Crippen LogP contribution is -2.28. The number of rotatable bonds is 4. The molecule has 0 saturated carbocycles. The molecule has 130 valence electrons. The first-order valence-electron chi connectivity index (χ1n) is 8.05. The largest absolute Gasteiger partial charge is 0.361 e. The van der Waals surface area contributed by atoms with E-state index in [1.807, 2.05) is 30.5 Å². The molecule has 0 spiro atoms. The summed E-state index contributed by atoms with van der Waals surface area (Å²) in [4.78, 5) is 40.4. The molecule has 2 heterocycles. The van der Waals surface area contributed by atoms with Crippen LogP contribution in [0.1, 0.15) is 15.9 Å². The van der Waals surface area contributed by atoms with Gasteiger partial charge < -0.3 is 10.3 Å². The minimum absolute atomic E-state index is 0.180. The first kappa shape index (κ1) is 16.4. The molecule has 2 N–H and O–H groups in total. The van der Waals surface area contributed by atoms with E-state index in [0.717, 1.165) is 33.9 Å². The zero-order valence-corrected chi connectivity index (χ0v) is 14.5. The summed E-state index contributed by atoms with van der Waals surface area (Å²) < 4.78 is 0. The molecule has 3 amide bonds. The van der Waals surface area contributed by atoms with Gasteiger partial charge in [0.15, 0.2) is 0 Å². The lowest BCUT2D eigenvalue weighted by molar-refractivity contribution is -0.125. The molecule has 1 aliphatic heterocycles. The fourth-order valence-corrected chi connectivity index (χ4v) is 3.64. The number of nitrogens with one attached hydrogen (secondary N) is 2. The molecule has 6 nitrogen and oxygen atoms in total. The maximum absolute atomic E-state index is 12.6. The topological polar surface area (TPSA) is 82.3 Å². The van der Waals surface area contributed by atoms with Crippen LogP contribution in [-0.2, 0) is 11.3 Å². The number of aromatic amines is 1. The van der Waals surface area contributed by atoms with Crippen LogP contribution in [0.3, 0.4) is 0 Å². The van der Waals surface area contributed by atoms with Gasteiger partial charge in [0.05, 0.1) is 18.0 Å². The molecule has 4 rings (SSSR count). The summed E-state index contributed by atoms with van der Waals surface area (Å²) in [6.45, 7) is 0.180. The normalized spacial score (nSPS) is 14.2. The third kappa shape index (κ3) is 3.09. The number of amides is 3. The molecule has 1 saturated heterocycles. The number of carbonyl (C=O) groups is 3. The van der Waals surface area contributed by atoms with Crippen LogP contribution in [0.25, 0.3) is 10.9 Å². The molecule has 0 radical (unpaired) electrons. The van der Waals surface area contributed by atoms with Gasteiger partial charge in [-0.3, -0.25) is 19.3 Å². The van der Waals surface area contributed by atoms with E-state index in [9.17, 15) is 14.4 Å². The summed E-state index contributed by atoms with van der Waals surface area (Å²) in [5.41, 5.74) is 2.88. The number of hydrogen-bond acceptors (Lipinski definition) is 4. The van der Waals surface area contributed by atoms with Crippen LogP contribution < -0.4 is 5.32 Å². The molecule has 1 fully saturated rings. The van der Waals surface area contributed by atoms with Crippen LogP contribution in [0.4, 0.5) is 10.5 Å². The SMILES string of the molecule is O=C(Nc1cccc2[nH]ccc12)c1cccc(CN2C(=O)CSC2=O)c1. The van der Waals surface area contributed by atoms with Crippen LogP contribution in [0.5, 0.6) is 0 Å². The first-order valence-corrected chi connectivity index (χ1v) is 9.04. The maximum atomic E-state index is 12.6. The van der Waals surface area contributed by atoms with Crippen molar-refractivity contribution in [3.8, 4) is 0 Å². The molecule has 1 aliphatic rings. The molecular weight excluding hydrogens is 350 g/mol. The quantitative estimate of drug-likeness (QED) is 0.740. The Bertz CT molecular complexity index is 1010. The number of aromatic nitrogens is 1. The number of thioether (sulfide) groups is 1. The second-order valence-electron chi connectivity index (χ2n) is 5.93. The van der Waals surface area contributed by atoms with Gasteiger partial charge in [0.1, 0.15) is 0 Å². The zero-order chi connectivity index (χ0) is 18.1. The van der Waals surface area contributed by atoms with E-state index in [0.29, 0.717) is 5.56 Å². The van der Waals surface area contributed by atoms with Crippen molar-refractivity contribution in [1.29, 1.82) is 0 Å². The van der Waals surface area contributed by atoms with E-state index in [4.69, 9.17) is 0 Å². The fourth-order valence-electron chi connectivity index (χ4n) is 2.92. The lowest BCUT2D eigenvalue weighted by atomic mass is 10.1. The molecule has 2 aromatic carbocycles. The highest BCUT2D eigenvalue weighted by atomic mass is 32.2. The van der Waals surface area contributed by atoms with E-state index >= 15 is 0 Å². The Hall–Kier alpha value is -3.06. The monoisotopic (exact) mass is 365 g/mol. The highest BCUT2D eigenvalue weighted by Gasteiger charge is 2.29. The van der Waals surface area contributed by atoms with Gasteiger partial charge in [0.2, 0.25) is 5.91 Å². The van der Waals surface area contributed by atoms with Gasteiger partial charge in [-0.15, -0.1) is 0 Å². The lowest BCUT2D eigenvalue weighted by Gasteiger charge is -2.13. The van der Waals surface area contributed by atoms with Crippen molar-refractivity contribution in [2.45, 2.75) is 6.54 Å². The molecule has 3 aromatic rings. The highest BCUT2D eigenvalue weighted by molar-refractivity contribution is 8.14. The predicted octanol–water partition coefficient (Wildman–Crippen LogP) is 3.62. The smallest absolute Gasteiger partial charge is 0.289 e. The third-order valence-corrected chi connectivity index (χ3v) is 5.07. The number of H-pyrrole nitrogens is 1. The zero-order valence-electron chi connectivity index (χ0n) is 13.7. The van der Waals surface area contributed by atoms with Crippen molar-refractivity contribution in [2.75, 3.05) is 11.1 Å². The summed E-state index contributed by atoms with van der Waals surface area (Å²) in [5.74, 6) is -0.261. The van der Waals surface area contributed by atoms with Gasteiger partial charge in [-0.2, -0.15) is 0 Å². The number of nitrogens with zero attached hydrogens (tertiary/aromatic N) is 1. The number of imide groups is 1. The van der Waals surface area contributed by atoms with Crippen molar-refractivity contribution in [2.24, 2.45) is 0 Å². The van der Waals surface area contributed by atoms with Gasteiger partial charge in [0, 0.05) is 22.7 Å². The molecule has 7 heteroatoms. The van der Waals surface area contributed by atoms with Gasteiger partial charge in [-0.1, -0.05) is 30.0 Å². The van der Waals surface area contributed by atoms with Gasteiger partial charge in [0.25, 0.3) is 11.1 Å². The van der Waals surface area contributed by atoms with Crippen molar-refractivity contribution in [3.05, 3.63) is 65.9 Å². The Labute approximate surface area is 153 Å². The van der Waals surface area contributed by atoms with Crippen LogP contribution in [0.2, 0.25) is 0 Å². The predicted molar refractivity (Wildman–Crippen MR) is 101 cm³/mol. The second-order valence-corrected chi connectivity index (χ2v) is 6.86. The van der Waals surface area contributed by atoms with Crippen LogP contribution in [0, 0.1) is 0 Å². The Balaban J connectivity index is 1.54. The minimum Gasteiger partial charge on any atom is -0.361 e. The van der Waals surface area contributed by atoms with E-state index in [-0.39, 0.29) is 29.4 Å². The fraction of sp³-hybridized carbons (Fsp3) is 0.105. The van der Waals surface area contributed by atoms with Crippen molar-refractivity contribution >= 4 is 45.4 Å². The van der Waals surface area contributed by atoms with Crippen molar-refractivity contribution in [1.82, 2.24) is 9.88 Å². The van der Waals surface area contributed by atoms with Gasteiger partial charge >= 0.3 is 0 Å². The number of carbonyl (C=O) groups excluding carboxylic acids is 3. The van der Waals surface area contributed by atoms with Crippen molar-refractivity contribution < 1.29 is 14.4 Å². The number of anilines is 1. The number of hydrogen-bond donors (Lipinski definition) is 2. The summed E-state index contributed by atoms with van der Waals surface area (Å²) in [6, 6.07) is 14.5. The summed E-state index contributed by atoms with van der Waals surface area (Å²) in [6.07, 6.45) is 1.82. The van der Waals surface area contributed by atoms with Gasteiger partial charge in [-0.25, -0.2) is 0 Å². The van der Waals surface area contributed by atoms with Crippen LogP contribution in [-0.4, -0.2) is 32.7 Å².